The van der Waals surface area contributed by atoms with Gasteiger partial charge in [-0.3, -0.25) is 9.98 Å². The summed E-state index contributed by atoms with van der Waals surface area (Å²) < 4.78 is 0. The van der Waals surface area contributed by atoms with Crippen LogP contribution in [0.3, 0.4) is 0 Å². The van der Waals surface area contributed by atoms with Crippen molar-refractivity contribution in [1.82, 2.24) is 9.80 Å². The first kappa shape index (κ1) is 16.8. The van der Waals surface area contributed by atoms with Gasteiger partial charge in [0.25, 0.3) is 0 Å². The molecule has 2 atom stereocenters. The zero-order valence-electron chi connectivity index (χ0n) is 14.7. The molecule has 1 fully saturated rings. The minimum Gasteiger partial charge on any atom is -0.308 e. The monoisotopic (exact) mass is 323 g/mol. The molecular formula is C19H25N5. The number of aliphatic imine (C=N–C) groups is 2. The van der Waals surface area contributed by atoms with E-state index in [-0.39, 0.29) is 5.41 Å². The lowest BCUT2D eigenvalue weighted by atomic mass is 9.66. The number of likely N-dealkylation sites (tertiary alicyclic amines) is 1. The summed E-state index contributed by atoms with van der Waals surface area (Å²) in [5.74, 6) is 0.328. The molecule has 0 aromatic carbocycles. The largest absolute Gasteiger partial charge is 0.308 e. The van der Waals surface area contributed by atoms with E-state index >= 15 is 0 Å². The van der Waals surface area contributed by atoms with Crippen molar-refractivity contribution in [3.05, 3.63) is 36.1 Å². The third-order valence-electron chi connectivity index (χ3n) is 5.11. The summed E-state index contributed by atoms with van der Waals surface area (Å²) in [6, 6.07) is 2.18. The Morgan fingerprint density at radius 3 is 3.04 bits per heavy atom. The van der Waals surface area contributed by atoms with Crippen molar-refractivity contribution in [2.45, 2.75) is 6.42 Å². The summed E-state index contributed by atoms with van der Waals surface area (Å²) in [6.07, 6.45) is 10.6. The molecule has 0 N–H and O–H groups in total. The smallest absolute Gasteiger partial charge is 0.0914 e. The van der Waals surface area contributed by atoms with Crippen LogP contribution in [-0.2, 0) is 0 Å². The summed E-state index contributed by atoms with van der Waals surface area (Å²) in [5.41, 5.74) is 3.30. The number of rotatable bonds is 3. The molecule has 0 aromatic rings. The van der Waals surface area contributed by atoms with Gasteiger partial charge in [-0.15, -0.1) is 0 Å². The lowest BCUT2D eigenvalue weighted by molar-refractivity contribution is 0.355. The molecule has 24 heavy (non-hydrogen) atoms. The lowest BCUT2D eigenvalue weighted by Gasteiger charge is -2.37. The van der Waals surface area contributed by atoms with Crippen molar-refractivity contribution in [3.8, 4) is 6.07 Å². The van der Waals surface area contributed by atoms with Crippen LogP contribution in [0, 0.1) is 22.7 Å². The fourth-order valence-electron chi connectivity index (χ4n) is 4.03. The first-order chi connectivity index (χ1) is 11.5. The van der Waals surface area contributed by atoms with E-state index in [9.17, 15) is 0 Å². The van der Waals surface area contributed by atoms with Gasteiger partial charge < -0.3 is 9.80 Å². The summed E-state index contributed by atoms with van der Waals surface area (Å²) in [7, 11) is 6.30. The van der Waals surface area contributed by atoms with Crippen LogP contribution in [0.1, 0.15) is 6.42 Å². The SMILES string of the molecule is CN(C)CCN=C1C=CN=C2C=CC(=CC#N)CC23CN(C)CC13. The molecule has 3 rings (SSSR count). The predicted molar refractivity (Wildman–Crippen MR) is 98.3 cm³/mol. The minimum atomic E-state index is -0.0629. The lowest BCUT2D eigenvalue weighted by Crippen LogP contribution is -2.42. The Morgan fingerprint density at radius 1 is 1.46 bits per heavy atom. The van der Waals surface area contributed by atoms with Crippen molar-refractivity contribution < 1.29 is 0 Å². The normalized spacial score (nSPS) is 32.6. The maximum atomic E-state index is 9.04. The van der Waals surface area contributed by atoms with E-state index in [0.717, 1.165) is 49.6 Å². The Kier molecular flexibility index (Phi) is 4.79. The third-order valence-corrected chi connectivity index (χ3v) is 5.11. The fourth-order valence-corrected chi connectivity index (χ4v) is 4.03. The number of hydrogen-bond donors (Lipinski definition) is 0. The van der Waals surface area contributed by atoms with E-state index in [2.05, 4.69) is 49.2 Å². The molecule has 2 unspecified atom stereocenters. The van der Waals surface area contributed by atoms with Crippen LogP contribution in [0.25, 0.3) is 0 Å². The van der Waals surface area contributed by atoms with Gasteiger partial charge >= 0.3 is 0 Å². The van der Waals surface area contributed by atoms with E-state index in [1.807, 2.05) is 12.3 Å². The number of hydrogen-bond acceptors (Lipinski definition) is 5. The second-order valence-electron chi connectivity index (χ2n) is 7.20. The van der Waals surface area contributed by atoms with Gasteiger partial charge in [-0.25, -0.2) is 0 Å². The number of likely N-dealkylation sites (N-methyl/N-ethyl adjacent to an activating group) is 1. The van der Waals surface area contributed by atoms with Crippen molar-refractivity contribution in [3.63, 3.8) is 0 Å². The fraction of sp³-hybridized carbons (Fsp3) is 0.526. The quantitative estimate of drug-likeness (QED) is 0.746. The summed E-state index contributed by atoms with van der Waals surface area (Å²) in [6.45, 7) is 3.69. The number of nitriles is 1. The first-order valence-corrected chi connectivity index (χ1v) is 8.44. The van der Waals surface area contributed by atoms with Crippen LogP contribution in [0.4, 0.5) is 0 Å². The first-order valence-electron chi connectivity index (χ1n) is 8.44. The Bertz CT molecular complexity index is 689. The highest BCUT2D eigenvalue weighted by Crippen LogP contribution is 2.46. The van der Waals surface area contributed by atoms with Gasteiger partial charge in [0.2, 0.25) is 0 Å². The van der Waals surface area contributed by atoms with Crippen LogP contribution in [0.5, 0.6) is 0 Å². The van der Waals surface area contributed by atoms with Gasteiger partial charge in [-0.1, -0.05) is 6.08 Å². The average molecular weight is 323 g/mol. The maximum Gasteiger partial charge on any atom is 0.0914 e. The minimum absolute atomic E-state index is 0.0629. The summed E-state index contributed by atoms with van der Waals surface area (Å²) in [5, 5.41) is 9.04. The molecule has 5 nitrogen and oxygen atoms in total. The van der Waals surface area contributed by atoms with Gasteiger partial charge in [0, 0.05) is 54.7 Å². The zero-order valence-corrected chi connectivity index (χ0v) is 14.7. The second kappa shape index (κ2) is 6.84. The van der Waals surface area contributed by atoms with Crippen molar-refractivity contribution in [2.75, 3.05) is 47.3 Å². The van der Waals surface area contributed by atoms with Gasteiger partial charge in [-0.2, -0.15) is 5.26 Å². The highest BCUT2D eigenvalue weighted by molar-refractivity contribution is 6.10. The molecule has 0 bridgehead atoms. The Morgan fingerprint density at radius 2 is 2.29 bits per heavy atom. The second-order valence-corrected chi connectivity index (χ2v) is 7.20. The van der Waals surface area contributed by atoms with Crippen LogP contribution < -0.4 is 0 Å². The van der Waals surface area contributed by atoms with Gasteiger partial charge in [0.1, 0.15) is 0 Å². The highest BCUT2D eigenvalue weighted by atomic mass is 15.2. The molecule has 0 saturated carbocycles. The van der Waals surface area contributed by atoms with Crippen LogP contribution >= 0.6 is 0 Å². The molecule has 1 saturated heterocycles. The van der Waals surface area contributed by atoms with Crippen LogP contribution in [0.2, 0.25) is 0 Å². The molecule has 126 valence electrons. The van der Waals surface area contributed by atoms with Crippen LogP contribution in [-0.4, -0.2) is 68.5 Å². The van der Waals surface area contributed by atoms with Crippen molar-refractivity contribution in [1.29, 1.82) is 5.26 Å². The maximum absolute atomic E-state index is 9.04. The Balaban J connectivity index is 1.97. The van der Waals surface area contributed by atoms with Crippen molar-refractivity contribution in [2.24, 2.45) is 21.3 Å². The zero-order chi connectivity index (χ0) is 17.2. The number of allylic oxidation sites excluding steroid dienone is 5. The van der Waals surface area contributed by atoms with Gasteiger partial charge in [-0.05, 0) is 45.3 Å². The predicted octanol–water partition coefficient (Wildman–Crippen LogP) is 1.92. The van der Waals surface area contributed by atoms with E-state index in [1.54, 1.807) is 6.08 Å². The topological polar surface area (TPSA) is 55.0 Å². The number of nitrogens with zero attached hydrogens (tertiary/aromatic N) is 5. The van der Waals surface area contributed by atoms with E-state index in [4.69, 9.17) is 15.2 Å². The molecule has 2 aliphatic heterocycles. The molecular weight excluding hydrogens is 298 g/mol. The molecule has 0 aromatic heterocycles. The molecule has 2 heterocycles. The molecule has 1 spiro atoms. The van der Waals surface area contributed by atoms with E-state index in [0.29, 0.717) is 5.92 Å². The Labute approximate surface area is 144 Å². The Hall–Kier alpha value is -2.03. The summed E-state index contributed by atoms with van der Waals surface area (Å²) in [4.78, 5) is 14.1. The molecule has 5 heteroatoms. The van der Waals surface area contributed by atoms with Gasteiger partial charge in [0.05, 0.1) is 12.6 Å². The third kappa shape index (κ3) is 3.12. The van der Waals surface area contributed by atoms with E-state index < -0.39 is 0 Å². The molecule has 0 amide bonds. The van der Waals surface area contributed by atoms with Crippen molar-refractivity contribution >= 4 is 11.4 Å². The van der Waals surface area contributed by atoms with Gasteiger partial charge in [0.15, 0.2) is 0 Å². The molecule has 0 radical (unpaired) electrons. The molecule has 1 aliphatic carbocycles. The summed E-state index contributed by atoms with van der Waals surface area (Å²) >= 11 is 0. The van der Waals surface area contributed by atoms with Crippen LogP contribution in [0.15, 0.2) is 46.1 Å². The van der Waals surface area contributed by atoms with E-state index in [1.165, 1.54) is 0 Å². The average Bonchev–Trinajstić information content (AvgIpc) is 2.77. The molecule has 3 aliphatic rings. The standard InChI is InChI=1S/C19H25N5/c1-23(2)11-10-21-17-7-9-22-18-5-4-15(6-8-20)12-19(18)14-24(3)13-16(17)19/h4-7,9,16H,10-14H2,1-3H3. The highest BCUT2D eigenvalue weighted by Gasteiger charge is 2.51.